The summed E-state index contributed by atoms with van der Waals surface area (Å²) in [4.78, 5) is 17.5. The minimum absolute atomic E-state index is 0.0568. The first-order valence-electron chi connectivity index (χ1n) is 16.9. The smallest absolute Gasteiger partial charge is 0.246 e. The van der Waals surface area contributed by atoms with Crippen LogP contribution in [0, 0.1) is 32.6 Å². The number of ether oxygens (including phenoxy) is 2. The molecule has 1 amide bonds. The summed E-state index contributed by atoms with van der Waals surface area (Å²) in [6.07, 6.45) is 7.02. The largest absolute Gasteiger partial charge is 0.496 e. The molecule has 1 heterocycles. The summed E-state index contributed by atoms with van der Waals surface area (Å²) in [5.74, 6) is 1.88. The lowest BCUT2D eigenvalue weighted by molar-refractivity contribution is -0.126. The van der Waals surface area contributed by atoms with Gasteiger partial charge in [-0.15, -0.1) is 0 Å². The van der Waals surface area contributed by atoms with Crippen molar-refractivity contribution in [3.8, 4) is 5.75 Å². The van der Waals surface area contributed by atoms with Crippen LogP contribution in [-0.2, 0) is 26.0 Å². The third-order valence-corrected chi connectivity index (χ3v) is 12.4. The highest BCUT2D eigenvalue weighted by molar-refractivity contribution is 7.89. The Kier molecular flexibility index (Phi) is 13.5. The molecule has 4 rings (SSSR count). The number of amides is 1. The van der Waals surface area contributed by atoms with Gasteiger partial charge in [-0.05, 0) is 114 Å². The molecule has 1 atom stereocenters. The number of hydrogen-bond donors (Lipinski definition) is 1. The van der Waals surface area contributed by atoms with E-state index in [4.69, 9.17) is 9.47 Å². The van der Waals surface area contributed by atoms with Gasteiger partial charge >= 0.3 is 0 Å². The molecular formula is C36H56N4O5S. The van der Waals surface area contributed by atoms with Gasteiger partial charge < -0.3 is 19.7 Å². The molecule has 1 unspecified atom stereocenters. The zero-order valence-electron chi connectivity index (χ0n) is 28.9. The minimum atomic E-state index is -3.61. The van der Waals surface area contributed by atoms with Crippen LogP contribution in [-0.4, -0.2) is 108 Å². The molecule has 1 saturated carbocycles. The summed E-state index contributed by atoms with van der Waals surface area (Å²) in [7, 11) is 2.41. The first kappa shape index (κ1) is 36.3. The third kappa shape index (κ3) is 9.53. The van der Waals surface area contributed by atoms with Crippen molar-refractivity contribution in [1.82, 2.24) is 19.4 Å². The van der Waals surface area contributed by atoms with Gasteiger partial charge in [0.05, 0.1) is 18.6 Å². The van der Waals surface area contributed by atoms with Crippen molar-refractivity contribution >= 4 is 15.9 Å². The molecule has 0 aromatic heterocycles. The van der Waals surface area contributed by atoms with Gasteiger partial charge in [0.1, 0.15) is 12.4 Å². The van der Waals surface area contributed by atoms with Crippen molar-refractivity contribution in [3.63, 3.8) is 0 Å². The summed E-state index contributed by atoms with van der Waals surface area (Å²) in [5.41, 5.74) is 3.70. The lowest BCUT2D eigenvalue weighted by Gasteiger charge is -2.37. The Morgan fingerprint density at radius 2 is 1.67 bits per heavy atom. The van der Waals surface area contributed by atoms with Crippen LogP contribution in [0.2, 0.25) is 0 Å². The van der Waals surface area contributed by atoms with Gasteiger partial charge in [-0.3, -0.25) is 9.69 Å². The predicted molar refractivity (Wildman–Crippen MR) is 184 cm³/mol. The van der Waals surface area contributed by atoms with E-state index in [0.29, 0.717) is 80.0 Å². The molecule has 10 heteroatoms. The Labute approximate surface area is 277 Å². The molecule has 1 aliphatic heterocycles. The van der Waals surface area contributed by atoms with E-state index in [0.717, 1.165) is 30.4 Å². The second-order valence-electron chi connectivity index (χ2n) is 13.4. The van der Waals surface area contributed by atoms with Crippen molar-refractivity contribution in [2.24, 2.45) is 11.8 Å². The van der Waals surface area contributed by atoms with E-state index in [9.17, 15) is 13.2 Å². The summed E-state index contributed by atoms with van der Waals surface area (Å²) in [5, 5.41) is 3.09. The summed E-state index contributed by atoms with van der Waals surface area (Å²) in [6.45, 7) is 9.57. The molecule has 2 aromatic carbocycles. The van der Waals surface area contributed by atoms with Gasteiger partial charge in [0.25, 0.3) is 0 Å². The number of benzene rings is 2. The molecule has 2 aliphatic rings. The average Bonchev–Trinajstić information content (AvgIpc) is 3.05. The number of methoxy groups -OCH3 is 1. The van der Waals surface area contributed by atoms with Crippen LogP contribution >= 0.6 is 0 Å². The standard InChI is InChI=1S/C36H56N4O5S/c1-27-24-34(44-6)28(2)29(3)36(27)46(42,43)40-20-18-39(19-21-40)22-23-45-26-35(41)37-25-31-12-15-32(16-13-31)33(38(4)5)17-14-30-10-8-7-9-11-30/h7-11,24,31-33H,12-23,25-26H2,1-6H3,(H,37,41). The fourth-order valence-electron chi connectivity index (χ4n) is 7.27. The van der Waals surface area contributed by atoms with Gasteiger partial charge in [0, 0.05) is 45.3 Å². The van der Waals surface area contributed by atoms with E-state index < -0.39 is 10.0 Å². The first-order valence-corrected chi connectivity index (χ1v) is 18.4. The van der Waals surface area contributed by atoms with Crippen LogP contribution in [0.25, 0.3) is 0 Å². The van der Waals surface area contributed by atoms with E-state index in [-0.39, 0.29) is 12.5 Å². The highest BCUT2D eigenvalue weighted by Gasteiger charge is 2.32. The summed E-state index contributed by atoms with van der Waals surface area (Å²) < 4.78 is 39.8. The van der Waals surface area contributed by atoms with Crippen LogP contribution in [0.1, 0.15) is 54.4 Å². The molecule has 0 spiro atoms. The average molecular weight is 657 g/mol. The van der Waals surface area contributed by atoms with E-state index in [1.807, 2.05) is 20.8 Å². The third-order valence-electron chi connectivity index (χ3n) is 10.2. The summed E-state index contributed by atoms with van der Waals surface area (Å²) >= 11 is 0. The molecule has 0 radical (unpaired) electrons. The highest BCUT2D eigenvalue weighted by atomic mass is 32.2. The number of carbonyl (C=O) groups excluding carboxylic acids is 1. The van der Waals surface area contributed by atoms with Crippen molar-refractivity contribution in [1.29, 1.82) is 0 Å². The zero-order valence-corrected chi connectivity index (χ0v) is 29.7. The Bertz CT molecular complexity index is 1370. The quantitative estimate of drug-likeness (QED) is 0.284. The Balaban J connectivity index is 1.10. The highest BCUT2D eigenvalue weighted by Crippen LogP contribution is 2.34. The second kappa shape index (κ2) is 17.1. The van der Waals surface area contributed by atoms with E-state index >= 15 is 0 Å². The number of nitrogens with one attached hydrogen (secondary N) is 1. The molecule has 1 aliphatic carbocycles. The van der Waals surface area contributed by atoms with Crippen molar-refractivity contribution in [2.75, 3.05) is 73.7 Å². The number of hydrogen-bond acceptors (Lipinski definition) is 7. The van der Waals surface area contributed by atoms with Gasteiger partial charge in [-0.2, -0.15) is 4.31 Å². The molecule has 0 bridgehead atoms. The van der Waals surface area contributed by atoms with Crippen LogP contribution in [0.15, 0.2) is 41.3 Å². The Morgan fingerprint density at radius 3 is 2.30 bits per heavy atom. The maximum atomic E-state index is 13.5. The SMILES string of the molecule is COc1cc(C)c(S(=O)(=O)N2CCN(CCOCC(=O)NCC3CCC(C(CCc4ccccc4)N(C)C)CC3)CC2)c(C)c1C. The number of nitrogens with zero attached hydrogens (tertiary/aromatic N) is 3. The van der Waals surface area contributed by atoms with Crippen molar-refractivity contribution in [3.05, 3.63) is 58.7 Å². The first-order chi connectivity index (χ1) is 22.0. The number of aryl methyl sites for hydroxylation is 2. The van der Waals surface area contributed by atoms with Gasteiger partial charge in [-0.25, -0.2) is 8.42 Å². The number of carbonyl (C=O) groups is 1. The monoisotopic (exact) mass is 656 g/mol. The second-order valence-corrected chi connectivity index (χ2v) is 15.3. The molecule has 46 heavy (non-hydrogen) atoms. The number of rotatable bonds is 15. The van der Waals surface area contributed by atoms with Gasteiger partial charge in [-0.1, -0.05) is 30.3 Å². The van der Waals surface area contributed by atoms with Crippen molar-refractivity contribution < 1.29 is 22.7 Å². The number of sulfonamides is 1. The van der Waals surface area contributed by atoms with Crippen LogP contribution in [0.4, 0.5) is 0 Å². The molecular weight excluding hydrogens is 600 g/mol. The fourth-order valence-corrected chi connectivity index (χ4v) is 9.18. The molecule has 2 aromatic rings. The van der Waals surface area contributed by atoms with Crippen LogP contribution in [0.5, 0.6) is 5.75 Å². The van der Waals surface area contributed by atoms with E-state index in [1.165, 1.54) is 24.8 Å². The van der Waals surface area contributed by atoms with Gasteiger partial charge in [0.2, 0.25) is 15.9 Å². The Morgan fingerprint density at radius 1 is 1.00 bits per heavy atom. The molecule has 1 saturated heterocycles. The summed E-state index contributed by atoms with van der Waals surface area (Å²) in [6, 6.07) is 13.2. The minimum Gasteiger partial charge on any atom is -0.496 e. The predicted octanol–water partition coefficient (Wildman–Crippen LogP) is 4.43. The van der Waals surface area contributed by atoms with Crippen LogP contribution < -0.4 is 10.1 Å². The topological polar surface area (TPSA) is 91.4 Å². The maximum absolute atomic E-state index is 13.5. The molecule has 2 fully saturated rings. The van der Waals surface area contributed by atoms with Gasteiger partial charge in [0.15, 0.2) is 0 Å². The normalized spacial score (nSPS) is 20.5. The molecule has 1 N–H and O–H groups in total. The molecule has 256 valence electrons. The van der Waals surface area contributed by atoms with Crippen molar-refractivity contribution in [2.45, 2.75) is 70.2 Å². The van der Waals surface area contributed by atoms with E-state index in [1.54, 1.807) is 17.5 Å². The fraction of sp³-hybridized carbons (Fsp3) is 0.639. The zero-order chi connectivity index (χ0) is 33.3. The maximum Gasteiger partial charge on any atom is 0.246 e. The Hall–Kier alpha value is -2.50. The number of piperazine rings is 1. The van der Waals surface area contributed by atoms with Crippen LogP contribution in [0.3, 0.4) is 0 Å². The van der Waals surface area contributed by atoms with E-state index in [2.05, 4.69) is 59.5 Å². The lowest BCUT2D eigenvalue weighted by Crippen LogP contribution is -2.49. The molecule has 9 nitrogen and oxygen atoms in total. The lowest BCUT2D eigenvalue weighted by atomic mass is 9.76.